The lowest BCUT2D eigenvalue weighted by atomic mass is 9.99. The molecule has 0 aromatic rings. The van der Waals surface area contributed by atoms with Crippen molar-refractivity contribution < 1.29 is 0 Å². The van der Waals surface area contributed by atoms with Crippen molar-refractivity contribution in [3.05, 3.63) is 0 Å². The van der Waals surface area contributed by atoms with E-state index in [1.54, 1.807) is 0 Å². The summed E-state index contributed by atoms with van der Waals surface area (Å²) in [6.07, 6.45) is 22.9. The third kappa shape index (κ3) is 16.3. The topological polar surface area (TPSA) is 52.0 Å². The Labute approximate surface area is 140 Å². The predicted molar refractivity (Wildman–Crippen MR) is 101 cm³/mol. The SMILES string of the molecule is CCCCCCCCCCCCCCCCCC(N)(N)CC. The lowest BCUT2D eigenvalue weighted by Gasteiger charge is -2.22. The van der Waals surface area contributed by atoms with E-state index in [1.807, 2.05) is 0 Å². The Hall–Kier alpha value is -0.0800. The number of hydrogen-bond acceptors (Lipinski definition) is 2. The van der Waals surface area contributed by atoms with Gasteiger partial charge in [0, 0.05) is 0 Å². The quantitative estimate of drug-likeness (QED) is 0.245. The molecule has 0 heterocycles. The second-order valence-corrected chi connectivity index (χ2v) is 7.29. The van der Waals surface area contributed by atoms with Crippen molar-refractivity contribution in [2.75, 3.05) is 0 Å². The fourth-order valence-corrected chi connectivity index (χ4v) is 3.00. The Bertz CT molecular complexity index is 214. The van der Waals surface area contributed by atoms with Crippen molar-refractivity contribution in [1.29, 1.82) is 0 Å². The molecular formula is C20H44N2. The molecule has 0 aromatic carbocycles. The first-order chi connectivity index (χ1) is 10.6. The Morgan fingerprint density at radius 3 is 1.14 bits per heavy atom. The second-order valence-electron chi connectivity index (χ2n) is 7.29. The summed E-state index contributed by atoms with van der Waals surface area (Å²) in [7, 11) is 0. The normalized spacial score (nSPS) is 12.0. The number of unbranched alkanes of at least 4 members (excludes halogenated alkanes) is 14. The summed E-state index contributed by atoms with van der Waals surface area (Å²) in [5, 5.41) is 0. The molecule has 0 aliphatic carbocycles. The summed E-state index contributed by atoms with van der Waals surface area (Å²) >= 11 is 0. The van der Waals surface area contributed by atoms with Crippen molar-refractivity contribution in [3.8, 4) is 0 Å². The van der Waals surface area contributed by atoms with E-state index in [0.717, 1.165) is 12.8 Å². The molecule has 0 amide bonds. The second kappa shape index (κ2) is 15.8. The molecule has 0 radical (unpaired) electrons. The first-order valence-electron chi connectivity index (χ1n) is 10.2. The Morgan fingerprint density at radius 1 is 0.500 bits per heavy atom. The zero-order valence-corrected chi connectivity index (χ0v) is 15.7. The minimum absolute atomic E-state index is 0.420. The van der Waals surface area contributed by atoms with Crippen LogP contribution < -0.4 is 11.5 Å². The molecular weight excluding hydrogens is 268 g/mol. The van der Waals surface area contributed by atoms with Crippen LogP contribution in [0, 0.1) is 0 Å². The molecule has 0 spiro atoms. The van der Waals surface area contributed by atoms with Gasteiger partial charge in [-0.2, -0.15) is 0 Å². The highest BCUT2D eigenvalue weighted by Gasteiger charge is 2.14. The Morgan fingerprint density at radius 2 is 0.818 bits per heavy atom. The average Bonchev–Trinajstić information content (AvgIpc) is 2.51. The van der Waals surface area contributed by atoms with Crippen LogP contribution in [0.5, 0.6) is 0 Å². The zero-order valence-electron chi connectivity index (χ0n) is 15.7. The molecule has 2 nitrogen and oxygen atoms in total. The molecule has 134 valence electrons. The van der Waals surface area contributed by atoms with Gasteiger partial charge in [-0.05, 0) is 12.8 Å². The predicted octanol–water partition coefficient (Wildman–Crippen LogP) is 6.27. The molecule has 2 heteroatoms. The van der Waals surface area contributed by atoms with Gasteiger partial charge in [-0.25, -0.2) is 0 Å². The standard InChI is InChI=1S/C20H44N2/c1-3-5-6-7-8-9-10-11-12-13-14-15-16-17-18-19-20(21,22)4-2/h3-19,21-22H2,1-2H3. The minimum Gasteiger partial charge on any atom is -0.314 e. The molecule has 22 heavy (non-hydrogen) atoms. The van der Waals surface area contributed by atoms with E-state index in [0.29, 0.717) is 0 Å². The molecule has 0 fully saturated rings. The summed E-state index contributed by atoms with van der Waals surface area (Å²) in [6.45, 7) is 4.36. The van der Waals surface area contributed by atoms with E-state index in [4.69, 9.17) is 11.5 Å². The van der Waals surface area contributed by atoms with Crippen molar-refractivity contribution in [2.24, 2.45) is 11.5 Å². The van der Waals surface area contributed by atoms with Gasteiger partial charge in [0.2, 0.25) is 0 Å². The molecule has 0 aliphatic rings. The molecule has 0 atom stereocenters. The highest BCUT2D eigenvalue weighted by atomic mass is 14.9. The van der Waals surface area contributed by atoms with Gasteiger partial charge in [0.05, 0.1) is 5.66 Å². The minimum atomic E-state index is -0.420. The molecule has 0 rings (SSSR count). The third-order valence-electron chi connectivity index (χ3n) is 4.90. The summed E-state index contributed by atoms with van der Waals surface area (Å²) < 4.78 is 0. The first-order valence-corrected chi connectivity index (χ1v) is 10.2. The zero-order chi connectivity index (χ0) is 16.5. The molecule has 0 aliphatic heterocycles. The summed E-state index contributed by atoms with van der Waals surface area (Å²) in [6, 6.07) is 0. The van der Waals surface area contributed by atoms with Crippen molar-refractivity contribution in [3.63, 3.8) is 0 Å². The lowest BCUT2D eigenvalue weighted by molar-refractivity contribution is 0.374. The molecule has 0 unspecified atom stereocenters. The molecule has 0 saturated carbocycles. The van der Waals surface area contributed by atoms with Gasteiger partial charge in [-0.15, -0.1) is 0 Å². The fraction of sp³-hybridized carbons (Fsp3) is 1.00. The number of nitrogens with two attached hydrogens (primary N) is 2. The maximum atomic E-state index is 5.95. The van der Waals surface area contributed by atoms with Crippen LogP contribution >= 0.6 is 0 Å². The van der Waals surface area contributed by atoms with Gasteiger partial charge in [-0.1, -0.05) is 110 Å². The maximum absolute atomic E-state index is 5.95. The third-order valence-corrected chi connectivity index (χ3v) is 4.90. The van der Waals surface area contributed by atoms with Gasteiger partial charge >= 0.3 is 0 Å². The van der Waals surface area contributed by atoms with Crippen molar-refractivity contribution >= 4 is 0 Å². The summed E-state index contributed by atoms with van der Waals surface area (Å²) in [5.41, 5.74) is 11.5. The van der Waals surface area contributed by atoms with Gasteiger partial charge in [0.1, 0.15) is 0 Å². The van der Waals surface area contributed by atoms with Crippen LogP contribution in [-0.2, 0) is 0 Å². The molecule has 0 bridgehead atoms. The highest BCUT2D eigenvalue weighted by molar-refractivity contribution is 4.73. The van der Waals surface area contributed by atoms with E-state index < -0.39 is 5.66 Å². The Kier molecular flexibility index (Phi) is 15.7. The molecule has 0 aromatic heterocycles. The number of hydrogen-bond donors (Lipinski definition) is 2. The van der Waals surface area contributed by atoms with Gasteiger partial charge in [0.15, 0.2) is 0 Å². The van der Waals surface area contributed by atoms with Gasteiger partial charge < -0.3 is 11.5 Å². The average molecular weight is 313 g/mol. The largest absolute Gasteiger partial charge is 0.314 e. The van der Waals surface area contributed by atoms with Crippen LogP contribution in [-0.4, -0.2) is 5.66 Å². The van der Waals surface area contributed by atoms with Crippen LogP contribution in [0.2, 0.25) is 0 Å². The monoisotopic (exact) mass is 312 g/mol. The van der Waals surface area contributed by atoms with E-state index >= 15 is 0 Å². The summed E-state index contributed by atoms with van der Waals surface area (Å²) in [4.78, 5) is 0. The van der Waals surface area contributed by atoms with Crippen molar-refractivity contribution in [1.82, 2.24) is 0 Å². The van der Waals surface area contributed by atoms with Crippen LogP contribution in [0.1, 0.15) is 123 Å². The highest BCUT2D eigenvalue weighted by Crippen LogP contribution is 2.15. The van der Waals surface area contributed by atoms with E-state index in [1.165, 1.54) is 96.3 Å². The Balaban J connectivity index is 3.06. The van der Waals surface area contributed by atoms with E-state index in [-0.39, 0.29) is 0 Å². The van der Waals surface area contributed by atoms with Gasteiger partial charge in [0.25, 0.3) is 0 Å². The first kappa shape index (κ1) is 21.9. The maximum Gasteiger partial charge on any atom is 0.0633 e. The van der Waals surface area contributed by atoms with E-state index in [9.17, 15) is 0 Å². The fourth-order valence-electron chi connectivity index (χ4n) is 3.00. The van der Waals surface area contributed by atoms with Crippen LogP contribution in [0.25, 0.3) is 0 Å². The smallest absolute Gasteiger partial charge is 0.0633 e. The lowest BCUT2D eigenvalue weighted by Crippen LogP contribution is -2.48. The van der Waals surface area contributed by atoms with E-state index in [2.05, 4.69) is 13.8 Å². The van der Waals surface area contributed by atoms with Crippen LogP contribution in [0.15, 0.2) is 0 Å². The van der Waals surface area contributed by atoms with Crippen LogP contribution in [0.4, 0.5) is 0 Å². The van der Waals surface area contributed by atoms with Gasteiger partial charge in [-0.3, -0.25) is 0 Å². The number of rotatable bonds is 17. The van der Waals surface area contributed by atoms with Crippen LogP contribution in [0.3, 0.4) is 0 Å². The van der Waals surface area contributed by atoms with Crippen molar-refractivity contribution in [2.45, 2.75) is 129 Å². The summed E-state index contributed by atoms with van der Waals surface area (Å²) in [5.74, 6) is 0. The molecule has 0 saturated heterocycles. The molecule has 4 N–H and O–H groups in total.